The molecule has 3 rings (SSSR count). The predicted octanol–water partition coefficient (Wildman–Crippen LogP) is 1.42. The Morgan fingerprint density at radius 2 is 2.08 bits per heavy atom. The Hall–Kier alpha value is -2.35. The summed E-state index contributed by atoms with van der Waals surface area (Å²) in [6.45, 7) is 1.62. The molecule has 1 N–H and O–H groups in total. The minimum atomic E-state index is -0.919. The van der Waals surface area contributed by atoms with E-state index < -0.39 is 17.7 Å². The van der Waals surface area contributed by atoms with Gasteiger partial charge in [-0.3, -0.25) is 14.4 Å². The van der Waals surface area contributed by atoms with Crippen LogP contribution in [0.5, 0.6) is 0 Å². The number of likely N-dealkylation sites (tertiary alicyclic amines) is 1. The van der Waals surface area contributed by atoms with E-state index in [9.17, 15) is 14.4 Å². The number of thiazole rings is 1. The minimum Gasteiger partial charge on any atom is -0.342 e. The zero-order valence-electron chi connectivity index (χ0n) is 13.1. The second kappa shape index (κ2) is 7.48. The van der Waals surface area contributed by atoms with Crippen molar-refractivity contribution in [1.82, 2.24) is 9.88 Å². The lowest BCUT2D eigenvalue weighted by atomic mass is 10.1. The van der Waals surface area contributed by atoms with Crippen molar-refractivity contribution in [2.75, 3.05) is 18.4 Å². The zero-order valence-corrected chi connectivity index (χ0v) is 13.9. The largest absolute Gasteiger partial charge is 0.342 e. The second-order valence-corrected chi connectivity index (χ2v) is 6.59. The van der Waals surface area contributed by atoms with Crippen LogP contribution >= 0.6 is 11.3 Å². The van der Waals surface area contributed by atoms with Crippen LogP contribution in [0.4, 0.5) is 5.13 Å². The number of aliphatic imine (C=N–C) groups is 1. The van der Waals surface area contributed by atoms with E-state index in [4.69, 9.17) is 0 Å². The van der Waals surface area contributed by atoms with E-state index in [2.05, 4.69) is 15.3 Å². The summed E-state index contributed by atoms with van der Waals surface area (Å²) in [5.74, 6) is -1.81. The van der Waals surface area contributed by atoms with E-state index in [-0.39, 0.29) is 12.3 Å². The fourth-order valence-corrected chi connectivity index (χ4v) is 3.39. The van der Waals surface area contributed by atoms with Crippen molar-refractivity contribution in [3.05, 3.63) is 23.2 Å². The molecule has 0 saturated carbocycles. The standard InChI is InChI=1S/C16H18N4O3S/c21-13(20-7-2-1-3-8-20)9-11-10-24-16(18-11)19-15(23)12-5-4-6-17-14(12)22/h4-6,10,12H,1-3,7-9H2,(H,18,19,23). The summed E-state index contributed by atoms with van der Waals surface area (Å²) in [4.78, 5) is 45.6. The first-order chi connectivity index (χ1) is 11.6. The van der Waals surface area contributed by atoms with Crippen molar-refractivity contribution in [3.63, 3.8) is 0 Å². The molecule has 0 aliphatic carbocycles. The molecule has 126 valence electrons. The molecule has 0 spiro atoms. The Morgan fingerprint density at radius 3 is 2.83 bits per heavy atom. The highest BCUT2D eigenvalue weighted by Gasteiger charge is 2.25. The van der Waals surface area contributed by atoms with Crippen LogP contribution in [0.15, 0.2) is 22.5 Å². The minimum absolute atomic E-state index is 0.0672. The third kappa shape index (κ3) is 3.94. The summed E-state index contributed by atoms with van der Waals surface area (Å²) in [5.41, 5.74) is 0.634. The van der Waals surface area contributed by atoms with Crippen LogP contribution in [-0.2, 0) is 20.8 Å². The van der Waals surface area contributed by atoms with E-state index in [1.807, 2.05) is 4.90 Å². The lowest BCUT2D eigenvalue weighted by molar-refractivity contribution is -0.131. The maximum Gasteiger partial charge on any atom is 0.262 e. The van der Waals surface area contributed by atoms with Crippen LogP contribution in [0.3, 0.4) is 0 Å². The number of anilines is 1. The molecule has 24 heavy (non-hydrogen) atoms. The molecule has 7 nitrogen and oxygen atoms in total. The fraction of sp³-hybridized carbons (Fsp3) is 0.438. The van der Waals surface area contributed by atoms with Crippen LogP contribution in [-0.4, -0.2) is 46.9 Å². The molecule has 0 aromatic carbocycles. The molecule has 3 heterocycles. The number of nitrogens with one attached hydrogen (secondary N) is 1. The summed E-state index contributed by atoms with van der Waals surface area (Å²) in [5, 5.41) is 4.76. The van der Waals surface area contributed by atoms with Gasteiger partial charge in [0.25, 0.3) is 5.91 Å². The third-order valence-electron chi connectivity index (χ3n) is 3.96. The van der Waals surface area contributed by atoms with Crippen LogP contribution < -0.4 is 5.32 Å². The second-order valence-electron chi connectivity index (χ2n) is 5.73. The number of carbonyl (C=O) groups is 3. The molecule has 0 bridgehead atoms. The van der Waals surface area contributed by atoms with Crippen molar-refractivity contribution in [2.24, 2.45) is 10.9 Å². The lowest BCUT2D eigenvalue weighted by Crippen LogP contribution is -2.36. The molecular weight excluding hydrogens is 328 g/mol. The molecule has 1 atom stereocenters. The summed E-state index contributed by atoms with van der Waals surface area (Å²) in [6, 6.07) is 0. The van der Waals surface area contributed by atoms with E-state index in [0.29, 0.717) is 10.8 Å². The summed E-state index contributed by atoms with van der Waals surface area (Å²) in [6.07, 6.45) is 7.94. The van der Waals surface area contributed by atoms with E-state index in [1.54, 1.807) is 11.5 Å². The predicted molar refractivity (Wildman–Crippen MR) is 91.0 cm³/mol. The highest BCUT2D eigenvalue weighted by atomic mass is 32.1. The lowest BCUT2D eigenvalue weighted by Gasteiger charge is -2.26. The number of nitrogens with zero attached hydrogens (tertiary/aromatic N) is 3. The Bertz CT molecular complexity index is 704. The molecule has 2 aliphatic heterocycles. The molecule has 1 aromatic rings. The zero-order chi connectivity index (χ0) is 16.9. The molecule has 1 unspecified atom stereocenters. The Labute approximate surface area is 143 Å². The molecule has 3 amide bonds. The van der Waals surface area contributed by atoms with Gasteiger partial charge in [0.15, 0.2) is 5.13 Å². The number of piperidine rings is 1. The Morgan fingerprint density at radius 1 is 1.29 bits per heavy atom. The van der Waals surface area contributed by atoms with Gasteiger partial charge in [-0.15, -0.1) is 11.3 Å². The molecule has 1 aromatic heterocycles. The van der Waals surface area contributed by atoms with Crippen LogP contribution in [0.25, 0.3) is 0 Å². The van der Waals surface area contributed by atoms with Gasteiger partial charge in [-0.2, -0.15) is 0 Å². The number of carbonyl (C=O) groups excluding carboxylic acids is 3. The van der Waals surface area contributed by atoms with Gasteiger partial charge < -0.3 is 10.2 Å². The van der Waals surface area contributed by atoms with Crippen molar-refractivity contribution in [3.8, 4) is 0 Å². The topological polar surface area (TPSA) is 91.7 Å². The number of allylic oxidation sites excluding steroid dienone is 1. The first-order valence-corrected chi connectivity index (χ1v) is 8.79. The number of amides is 3. The normalized spacial score (nSPS) is 20.2. The maximum atomic E-state index is 12.2. The summed E-state index contributed by atoms with van der Waals surface area (Å²) >= 11 is 1.24. The average molecular weight is 346 g/mol. The monoisotopic (exact) mass is 346 g/mol. The molecule has 2 aliphatic rings. The summed E-state index contributed by atoms with van der Waals surface area (Å²) < 4.78 is 0. The Balaban J connectivity index is 1.56. The molecule has 0 radical (unpaired) electrons. The third-order valence-corrected chi connectivity index (χ3v) is 4.77. The van der Waals surface area contributed by atoms with Gasteiger partial charge >= 0.3 is 0 Å². The van der Waals surface area contributed by atoms with Gasteiger partial charge in [-0.1, -0.05) is 6.08 Å². The number of hydrogen-bond acceptors (Lipinski definition) is 5. The van der Waals surface area contributed by atoms with Gasteiger partial charge in [0.2, 0.25) is 11.8 Å². The van der Waals surface area contributed by atoms with Gasteiger partial charge in [0.05, 0.1) is 12.1 Å². The highest BCUT2D eigenvalue weighted by Crippen LogP contribution is 2.19. The van der Waals surface area contributed by atoms with Gasteiger partial charge in [-0.05, 0) is 25.3 Å². The average Bonchev–Trinajstić information content (AvgIpc) is 3.02. The van der Waals surface area contributed by atoms with Crippen LogP contribution in [0, 0.1) is 5.92 Å². The van der Waals surface area contributed by atoms with Gasteiger partial charge in [0.1, 0.15) is 5.92 Å². The Kier molecular flexibility index (Phi) is 5.14. The van der Waals surface area contributed by atoms with Crippen LogP contribution in [0.1, 0.15) is 25.0 Å². The SMILES string of the molecule is O=C1N=CC=CC1C(=O)Nc1nc(CC(=O)N2CCCCC2)cs1. The number of dihydropyridines is 1. The van der Waals surface area contributed by atoms with Crippen molar-refractivity contribution < 1.29 is 14.4 Å². The quantitative estimate of drug-likeness (QED) is 0.835. The summed E-state index contributed by atoms with van der Waals surface area (Å²) in [7, 11) is 0. The van der Waals surface area contributed by atoms with Crippen molar-refractivity contribution >= 4 is 40.4 Å². The van der Waals surface area contributed by atoms with Crippen molar-refractivity contribution in [1.29, 1.82) is 0 Å². The van der Waals surface area contributed by atoms with E-state index >= 15 is 0 Å². The number of hydrogen-bond donors (Lipinski definition) is 1. The first-order valence-electron chi connectivity index (χ1n) is 7.91. The highest BCUT2D eigenvalue weighted by molar-refractivity contribution is 7.14. The van der Waals surface area contributed by atoms with Gasteiger partial charge in [0, 0.05) is 24.7 Å². The molecule has 8 heteroatoms. The van der Waals surface area contributed by atoms with E-state index in [1.165, 1.54) is 30.0 Å². The van der Waals surface area contributed by atoms with Crippen molar-refractivity contribution in [2.45, 2.75) is 25.7 Å². The molecule has 1 saturated heterocycles. The maximum absolute atomic E-state index is 12.2. The first kappa shape index (κ1) is 16.5. The molecular formula is C16H18N4O3S. The van der Waals surface area contributed by atoms with Crippen LogP contribution in [0.2, 0.25) is 0 Å². The molecule has 1 fully saturated rings. The fourth-order valence-electron chi connectivity index (χ4n) is 2.68. The number of rotatable bonds is 4. The number of aromatic nitrogens is 1. The van der Waals surface area contributed by atoms with Gasteiger partial charge in [-0.25, -0.2) is 9.98 Å². The van der Waals surface area contributed by atoms with E-state index in [0.717, 1.165) is 25.9 Å². The smallest absolute Gasteiger partial charge is 0.262 e.